The normalized spacial score (nSPS) is 18.3. The molecule has 0 amide bonds. The molecule has 1 aliphatic rings. The van der Waals surface area contributed by atoms with Gasteiger partial charge in [0.15, 0.2) is 0 Å². The molecule has 1 fully saturated rings. The molecule has 5 heteroatoms. The van der Waals surface area contributed by atoms with Gasteiger partial charge in [0, 0.05) is 26.2 Å². The minimum Gasteiger partial charge on any atom is -0.480 e. The molecule has 1 aliphatic heterocycles. The molecule has 0 aromatic rings. The van der Waals surface area contributed by atoms with Crippen LogP contribution in [0.5, 0.6) is 0 Å². The van der Waals surface area contributed by atoms with Crippen LogP contribution in [0.25, 0.3) is 0 Å². The topological polar surface area (TPSA) is 53.0 Å². The Morgan fingerprint density at radius 3 is 2.67 bits per heavy atom. The fourth-order valence-electron chi connectivity index (χ4n) is 1.65. The summed E-state index contributed by atoms with van der Waals surface area (Å²) in [5.74, 6) is -0.751. The summed E-state index contributed by atoms with van der Waals surface area (Å²) >= 11 is 0. The van der Waals surface area contributed by atoms with Crippen LogP contribution in [0.2, 0.25) is 0 Å². The summed E-state index contributed by atoms with van der Waals surface area (Å²) in [7, 11) is 0. The number of likely N-dealkylation sites (N-methyl/N-ethyl adjacent to an activating group) is 1. The fraction of sp³-hybridized carbons (Fsp3) is 0.900. The van der Waals surface area contributed by atoms with Crippen molar-refractivity contribution in [3.8, 4) is 0 Å². The van der Waals surface area contributed by atoms with E-state index >= 15 is 0 Å². The second-order valence-electron chi connectivity index (χ2n) is 3.72. The molecule has 0 saturated carbocycles. The Labute approximate surface area is 90.6 Å². The van der Waals surface area contributed by atoms with Gasteiger partial charge < -0.3 is 9.84 Å². The quantitative estimate of drug-likeness (QED) is 0.662. The number of carboxylic acids is 1. The van der Waals surface area contributed by atoms with Gasteiger partial charge in [-0.25, -0.2) is 0 Å². The Kier molecular flexibility index (Phi) is 5.60. The van der Waals surface area contributed by atoms with E-state index in [9.17, 15) is 4.79 Å². The zero-order valence-corrected chi connectivity index (χ0v) is 9.31. The van der Waals surface area contributed by atoms with Crippen molar-refractivity contribution < 1.29 is 14.6 Å². The van der Waals surface area contributed by atoms with Crippen molar-refractivity contribution in [1.82, 2.24) is 9.80 Å². The van der Waals surface area contributed by atoms with E-state index in [2.05, 4.69) is 4.90 Å². The van der Waals surface area contributed by atoms with E-state index in [-0.39, 0.29) is 6.54 Å². The maximum Gasteiger partial charge on any atom is 0.317 e. The number of nitrogens with zero attached hydrogens (tertiary/aromatic N) is 2. The molecule has 0 atom stereocenters. The molecule has 0 spiro atoms. The van der Waals surface area contributed by atoms with Crippen LogP contribution in [0, 0.1) is 0 Å². The second-order valence-corrected chi connectivity index (χ2v) is 3.72. The molecule has 0 bridgehead atoms. The van der Waals surface area contributed by atoms with Crippen LogP contribution in [0.1, 0.15) is 6.92 Å². The molecule has 0 radical (unpaired) electrons. The van der Waals surface area contributed by atoms with Gasteiger partial charge in [-0.15, -0.1) is 0 Å². The summed E-state index contributed by atoms with van der Waals surface area (Å²) < 4.78 is 5.25. The van der Waals surface area contributed by atoms with Gasteiger partial charge in [0.2, 0.25) is 0 Å². The third-order valence-corrected chi connectivity index (χ3v) is 2.64. The molecular formula is C10H20N2O3. The van der Waals surface area contributed by atoms with Crippen molar-refractivity contribution in [3.05, 3.63) is 0 Å². The lowest BCUT2D eigenvalue weighted by atomic mass is 10.4. The molecule has 0 unspecified atom stereocenters. The Hall–Kier alpha value is -0.650. The summed E-state index contributed by atoms with van der Waals surface area (Å²) in [5, 5.41) is 8.68. The van der Waals surface area contributed by atoms with Crippen LogP contribution < -0.4 is 0 Å². The van der Waals surface area contributed by atoms with Gasteiger partial charge in [0.1, 0.15) is 0 Å². The lowest BCUT2D eigenvalue weighted by Gasteiger charge is -2.28. The largest absolute Gasteiger partial charge is 0.480 e. The molecular weight excluding hydrogens is 196 g/mol. The highest BCUT2D eigenvalue weighted by Crippen LogP contribution is 1.97. The van der Waals surface area contributed by atoms with Crippen molar-refractivity contribution in [2.45, 2.75) is 6.92 Å². The Bertz CT molecular complexity index is 193. The lowest BCUT2D eigenvalue weighted by molar-refractivity contribution is -0.138. The first kappa shape index (κ1) is 12.4. The van der Waals surface area contributed by atoms with E-state index in [1.54, 1.807) is 0 Å². The molecule has 1 heterocycles. The highest BCUT2D eigenvalue weighted by atomic mass is 16.5. The SMILES string of the molecule is CCN(CCN1CCOCC1)CC(=O)O. The number of morpholine rings is 1. The number of carboxylic acid groups (broad SMARTS) is 1. The molecule has 15 heavy (non-hydrogen) atoms. The smallest absolute Gasteiger partial charge is 0.317 e. The molecule has 1 N–H and O–H groups in total. The van der Waals surface area contributed by atoms with Crippen LogP contribution in [0.15, 0.2) is 0 Å². The maximum atomic E-state index is 10.5. The zero-order valence-electron chi connectivity index (χ0n) is 9.31. The van der Waals surface area contributed by atoms with Gasteiger partial charge in [-0.2, -0.15) is 0 Å². The molecule has 0 aromatic carbocycles. The highest BCUT2D eigenvalue weighted by Gasteiger charge is 2.12. The minimum atomic E-state index is -0.751. The standard InChI is InChI=1S/C10H20N2O3/c1-2-11(9-10(13)14)3-4-12-5-7-15-8-6-12/h2-9H2,1H3,(H,13,14). The fourth-order valence-corrected chi connectivity index (χ4v) is 1.65. The number of hydrogen-bond donors (Lipinski definition) is 1. The second kappa shape index (κ2) is 6.76. The minimum absolute atomic E-state index is 0.140. The van der Waals surface area contributed by atoms with Crippen molar-refractivity contribution in [2.24, 2.45) is 0 Å². The first-order valence-electron chi connectivity index (χ1n) is 5.46. The summed E-state index contributed by atoms with van der Waals surface area (Å²) in [6.45, 7) is 8.19. The van der Waals surface area contributed by atoms with Gasteiger partial charge in [-0.3, -0.25) is 14.6 Å². The van der Waals surface area contributed by atoms with Gasteiger partial charge >= 0.3 is 5.97 Å². The lowest BCUT2D eigenvalue weighted by Crippen LogP contribution is -2.42. The predicted octanol–water partition coefficient (Wildman–Crippen LogP) is -0.275. The van der Waals surface area contributed by atoms with Crippen LogP contribution in [-0.4, -0.2) is 73.4 Å². The van der Waals surface area contributed by atoms with E-state index in [0.29, 0.717) is 0 Å². The molecule has 0 aliphatic carbocycles. The van der Waals surface area contributed by atoms with E-state index in [0.717, 1.165) is 45.9 Å². The van der Waals surface area contributed by atoms with Crippen molar-refractivity contribution in [3.63, 3.8) is 0 Å². The number of aliphatic carboxylic acids is 1. The summed E-state index contributed by atoms with van der Waals surface area (Å²) in [6, 6.07) is 0. The van der Waals surface area contributed by atoms with E-state index in [1.165, 1.54) is 0 Å². The number of carbonyl (C=O) groups is 1. The Balaban J connectivity index is 2.17. The van der Waals surface area contributed by atoms with Crippen LogP contribution >= 0.6 is 0 Å². The average Bonchev–Trinajstić information content (AvgIpc) is 2.25. The molecule has 88 valence electrons. The monoisotopic (exact) mass is 216 g/mol. The first-order chi connectivity index (χ1) is 7.22. The third-order valence-electron chi connectivity index (χ3n) is 2.64. The van der Waals surface area contributed by atoms with E-state index in [4.69, 9.17) is 9.84 Å². The molecule has 5 nitrogen and oxygen atoms in total. The van der Waals surface area contributed by atoms with Gasteiger partial charge in [0.05, 0.1) is 19.8 Å². The van der Waals surface area contributed by atoms with Crippen molar-refractivity contribution in [2.75, 3.05) is 52.5 Å². The molecule has 0 aromatic heterocycles. The van der Waals surface area contributed by atoms with Gasteiger partial charge in [-0.1, -0.05) is 6.92 Å². The average molecular weight is 216 g/mol. The number of rotatable bonds is 6. The highest BCUT2D eigenvalue weighted by molar-refractivity contribution is 5.69. The van der Waals surface area contributed by atoms with E-state index < -0.39 is 5.97 Å². The predicted molar refractivity (Wildman–Crippen MR) is 57.0 cm³/mol. The maximum absolute atomic E-state index is 10.5. The van der Waals surface area contributed by atoms with Crippen molar-refractivity contribution in [1.29, 1.82) is 0 Å². The van der Waals surface area contributed by atoms with E-state index in [1.807, 2.05) is 11.8 Å². The first-order valence-corrected chi connectivity index (χ1v) is 5.46. The number of hydrogen-bond acceptors (Lipinski definition) is 4. The van der Waals surface area contributed by atoms with Crippen molar-refractivity contribution >= 4 is 5.97 Å². The van der Waals surface area contributed by atoms with Crippen LogP contribution in [-0.2, 0) is 9.53 Å². The Morgan fingerprint density at radius 1 is 1.47 bits per heavy atom. The summed E-state index contributed by atoms with van der Waals surface area (Å²) in [6.07, 6.45) is 0. The summed E-state index contributed by atoms with van der Waals surface area (Å²) in [5.41, 5.74) is 0. The summed E-state index contributed by atoms with van der Waals surface area (Å²) in [4.78, 5) is 14.8. The zero-order chi connectivity index (χ0) is 11.1. The van der Waals surface area contributed by atoms with Gasteiger partial charge in [-0.05, 0) is 6.54 Å². The number of ether oxygens (including phenoxy) is 1. The Morgan fingerprint density at radius 2 is 2.13 bits per heavy atom. The third kappa shape index (κ3) is 5.11. The molecule has 1 rings (SSSR count). The van der Waals surface area contributed by atoms with Gasteiger partial charge in [0.25, 0.3) is 0 Å². The van der Waals surface area contributed by atoms with Crippen LogP contribution in [0.4, 0.5) is 0 Å². The molecule has 1 saturated heterocycles. The van der Waals surface area contributed by atoms with Crippen LogP contribution in [0.3, 0.4) is 0 Å².